The fourth-order valence-electron chi connectivity index (χ4n) is 4.34. The van der Waals surface area contributed by atoms with Gasteiger partial charge in [0.15, 0.2) is 6.04 Å². The third kappa shape index (κ3) is 4.05. The van der Waals surface area contributed by atoms with Crippen LogP contribution in [0.1, 0.15) is 31.3 Å². The number of hydrogen-bond donors (Lipinski definition) is 1. The van der Waals surface area contributed by atoms with Gasteiger partial charge in [0, 0.05) is 11.8 Å². The number of nitrogens with one attached hydrogen (secondary N) is 1. The van der Waals surface area contributed by atoms with Crippen molar-refractivity contribution in [3.05, 3.63) is 47.7 Å². The second-order valence-electron chi connectivity index (χ2n) is 7.96. The van der Waals surface area contributed by atoms with E-state index >= 15 is 0 Å². The topological polar surface area (TPSA) is 70.8 Å². The van der Waals surface area contributed by atoms with Gasteiger partial charge in [-0.3, -0.25) is 9.59 Å². The van der Waals surface area contributed by atoms with E-state index in [9.17, 15) is 14.0 Å². The second-order valence-corrected chi connectivity index (χ2v) is 7.96. The van der Waals surface area contributed by atoms with Gasteiger partial charge in [0.25, 0.3) is 5.91 Å². The zero-order chi connectivity index (χ0) is 21.3. The van der Waals surface area contributed by atoms with Crippen LogP contribution in [0.15, 0.2) is 30.3 Å². The molecule has 0 saturated carbocycles. The van der Waals surface area contributed by atoms with Gasteiger partial charge in [-0.15, -0.1) is 0 Å². The van der Waals surface area contributed by atoms with Gasteiger partial charge in [0.1, 0.15) is 17.5 Å². The minimum atomic E-state index is -0.391. The Morgan fingerprint density at radius 1 is 1.13 bits per heavy atom. The fraction of sp³-hybridized carbons (Fsp3) is 0.455. The van der Waals surface area contributed by atoms with Gasteiger partial charge in [0.05, 0.1) is 38.3 Å². The first-order chi connectivity index (χ1) is 14.5. The Morgan fingerprint density at radius 2 is 1.83 bits per heavy atom. The Balaban J connectivity index is 1.43. The summed E-state index contributed by atoms with van der Waals surface area (Å²) < 4.78 is 13.2. The number of carbonyl (C=O) groups excluding carboxylic acids is 2. The summed E-state index contributed by atoms with van der Waals surface area (Å²) in [6.45, 7) is 7.10. The highest BCUT2D eigenvalue weighted by Gasteiger charge is 2.46. The lowest BCUT2D eigenvalue weighted by Gasteiger charge is -2.35. The van der Waals surface area contributed by atoms with Crippen molar-refractivity contribution in [2.45, 2.75) is 39.2 Å². The number of benzene rings is 1. The quantitative estimate of drug-likeness (QED) is 0.740. The molecule has 2 aliphatic rings. The molecule has 2 amide bonds. The number of hydrogen-bond acceptors (Lipinski definition) is 5. The van der Waals surface area contributed by atoms with Crippen LogP contribution in [0.4, 0.5) is 15.9 Å². The van der Waals surface area contributed by atoms with Gasteiger partial charge >= 0.3 is 0 Å². The predicted octanol–water partition coefficient (Wildman–Crippen LogP) is 0.914. The smallest absolute Gasteiger partial charge is 0.292 e. The average molecular weight is 412 g/mol. The molecule has 2 fully saturated rings. The number of halogens is 1. The third-order valence-electron chi connectivity index (χ3n) is 5.84. The van der Waals surface area contributed by atoms with Crippen LogP contribution in [0.2, 0.25) is 0 Å². The first-order valence-corrected chi connectivity index (χ1v) is 10.5. The summed E-state index contributed by atoms with van der Waals surface area (Å²) in [6, 6.07) is 7.17. The molecule has 3 heterocycles. The van der Waals surface area contributed by atoms with E-state index < -0.39 is 5.82 Å². The molecule has 2 aromatic rings. The first kappa shape index (κ1) is 20.4. The van der Waals surface area contributed by atoms with Gasteiger partial charge in [-0.2, -0.15) is 0 Å². The predicted molar refractivity (Wildman–Crippen MR) is 111 cm³/mol. The molecule has 4 rings (SSSR count). The monoisotopic (exact) mass is 412 g/mol. The Hall–Kier alpha value is -2.87. The number of aromatic nitrogens is 2. The summed E-state index contributed by atoms with van der Waals surface area (Å²) in [6.07, 6.45) is 2.16. The highest BCUT2D eigenvalue weighted by Crippen LogP contribution is 2.22. The molecular formula is C22H27FN5O2+. The minimum absolute atomic E-state index is 0.193. The van der Waals surface area contributed by atoms with E-state index in [1.54, 1.807) is 0 Å². The van der Waals surface area contributed by atoms with Crippen LogP contribution in [-0.2, 0) is 16.0 Å². The molecule has 0 aliphatic carbocycles. The summed E-state index contributed by atoms with van der Waals surface area (Å²) in [4.78, 5) is 39.1. The molecule has 2 aliphatic heterocycles. The van der Waals surface area contributed by atoms with Crippen molar-refractivity contribution < 1.29 is 18.9 Å². The molecule has 0 unspecified atom stereocenters. The van der Waals surface area contributed by atoms with E-state index in [1.807, 2.05) is 6.92 Å². The Morgan fingerprint density at radius 3 is 2.50 bits per heavy atom. The molecule has 0 radical (unpaired) electrons. The molecular weight excluding hydrogens is 385 g/mol. The highest BCUT2D eigenvalue weighted by atomic mass is 19.1. The van der Waals surface area contributed by atoms with Crippen LogP contribution in [0.3, 0.4) is 0 Å². The van der Waals surface area contributed by atoms with Crippen LogP contribution in [-0.4, -0.2) is 54.0 Å². The van der Waals surface area contributed by atoms with Gasteiger partial charge < -0.3 is 9.80 Å². The minimum Gasteiger partial charge on any atom is -0.345 e. The number of anilines is 2. The average Bonchev–Trinajstić information content (AvgIpc) is 3.03. The largest absolute Gasteiger partial charge is 0.345 e. The third-order valence-corrected chi connectivity index (χ3v) is 5.84. The number of amides is 2. The zero-order valence-electron chi connectivity index (χ0n) is 17.4. The lowest BCUT2D eigenvalue weighted by atomic mass is 10.1. The van der Waals surface area contributed by atoms with Crippen molar-refractivity contribution in [3.63, 3.8) is 0 Å². The maximum Gasteiger partial charge on any atom is 0.292 e. The summed E-state index contributed by atoms with van der Waals surface area (Å²) in [7, 11) is 0. The molecule has 8 heteroatoms. The molecule has 1 atom stereocenters. The van der Waals surface area contributed by atoms with Crippen LogP contribution in [0, 0.1) is 12.7 Å². The number of rotatable bonds is 5. The molecule has 158 valence electrons. The van der Waals surface area contributed by atoms with Gasteiger partial charge in [-0.05, 0) is 37.6 Å². The van der Waals surface area contributed by atoms with Crippen LogP contribution in [0.25, 0.3) is 0 Å². The Kier molecular flexibility index (Phi) is 5.76. The Labute approximate surface area is 175 Å². The molecule has 1 aromatic heterocycles. The molecule has 2 saturated heterocycles. The van der Waals surface area contributed by atoms with E-state index in [0.29, 0.717) is 5.69 Å². The van der Waals surface area contributed by atoms with Crippen LogP contribution < -0.4 is 14.7 Å². The standard InChI is InChI=1S/C22H26FN5O2/c1-3-4-17-13-20(25-15(2)24-17)27-11-9-26(10-12-27)19-14-21(29)28(22(19)30)18-7-5-16(23)6-8-18/h5-8,13,19H,3-4,9-12,14H2,1-2H3/p+1/t19-/m1/s1. The van der Waals surface area contributed by atoms with E-state index in [4.69, 9.17) is 0 Å². The lowest BCUT2D eigenvalue weighted by molar-refractivity contribution is -0.915. The Bertz CT molecular complexity index is 941. The molecule has 1 N–H and O–H groups in total. The molecule has 1 aromatic carbocycles. The summed E-state index contributed by atoms with van der Waals surface area (Å²) in [5, 5.41) is 0. The van der Waals surface area contributed by atoms with Crippen molar-refractivity contribution >= 4 is 23.3 Å². The second kappa shape index (κ2) is 8.47. The summed E-state index contributed by atoms with van der Waals surface area (Å²) in [5.74, 6) is 0.905. The molecule has 7 nitrogen and oxygen atoms in total. The van der Waals surface area contributed by atoms with E-state index in [0.717, 1.165) is 61.3 Å². The van der Waals surface area contributed by atoms with Crippen LogP contribution >= 0.6 is 0 Å². The van der Waals surface area contributed by atoms with E-state index in [1.165, 1.54) is 29.2 Å². The molecule has 0 bridgehead atoms. The normalized spacial score (nSPS) is 20.3. The zero-order valence-corrected chi connectivity index (χ0v) is 17.4. The molecule has 0 spiro atoms. The van der Waals surface area contributed by atoms with Crippen LogP contribution in [0.5, 0.6) is 0 Å². The summed E-state index contributed by atoms with van der Waals surface area (Å²) >= 11 is 0. The first-order valence-electron chi connectivity index (χ1n) is 10.5. The van der Waals surface area contributed by atoms with Crippen molar-refractivity contribution in [1.29, 1.82) is 0 Å². The molecule has 30 heavy (non-hydrogen) atoms. The summed E-state index contributed by atoms with van der Waals surface area (Å²) in [5.41, 5.74) is 1.49. The number of aryl methyl sites for hydroxylation is 2. The van der Waals surface area contributed by atoms with Crippen molar-refractivity contribution in [2.24, 2.45) is 0 Å². The lowest BCUT2D eigenvalue weighted by Crippen LogP contribution is -3.19. The highest BCUT2D eigenvalue weighted by molar-refractivity contribution is 6.21. The van der Waals surface area contributed by atoms with Crippen molar-refractivity contribution in [3.8, 4) is 0 Å². The SMILES string of the molecule is CCCc1cc(N2CC[NH+]([C@@H]3CC(=O)N(c4ccc(F)cc4)C3=O)CC2)nc(C)n1. The van der Waals surface area contributed by atoms with Gasteiger partial charge in [-0.25, -0.2) is 19.3 Å². The number of imide groups is 1. The van der Waals surface area contributed by atoms with E-state index in [-0.39, 0.29) is 24.3 Å². The fourth-order valence-corrected chi connectivity index (χ4v) is 4.34. The number of nitrogens with zero attached hydrogens (tertiary/aromatic N) is 4. The van der Waals surface area contributed by atoms with Gasteiger partial charge in [0.2, 0.25) is 5.91 Å². The van der Waals surface area contributed by atoms with Crippen molar-refractivity contribution in [1.82, 2.24) is 9.97 Å². The maximum atomic E-state index is 13.2. The van der Waals surface area contributed by atoms with Gasteiger partial charge in [-0.1, -0.05) is 13.3 Å². The maximum absolute atomic E-state index is 13.2. The number of carbonyl (C=O) groups is 2. The number of piperazine rings is 1. The number of quaternary nitrogens is 1. The van der Waals surface area contributed by atoms with E-state index in [2.05, 4.69) is 27.9 Å². The van der Waals surface area contributed by atoms with Crippen molar-refractivity contribution in [2.75, 3.05) is 36.0 Å².